The Morgan fingerprint density at radius 1 is 1.38 bits per heavy atom. The van der Waals surface area contributed by atoms with E-state index >= 15 is 0 Å². The first-order valence-electron chi connectivity index (χ1n) is 4.60. The third-order valence-corrected chi connectivity index (χ3v) is 2.43. The van der Waals surface area contributed by atoms with Gasteiger partial charge in [0.05, 0.1) is 19.8 Å². The molecule has 0 spiro atoms. The molecule has 0 rings (SSSR count). The number of halogens is 3. The Balaban J connectivity index is 4.74. The molecular formula is C9H16F3NO3. The molecule has 0 aliphatic carbocycles. The van der Waals surface area contributed by atoms with E-state index in [9.17, 15) is 18.0 Å². The molecule has 0 aromatic rings. The van der Waals surface area contributed by atoms with Crippen molar-refractivity contribution in [3.63, 3.8) is 0 Å². The van der Waals surface area contributed by atoms with Crippen LogP contribution in [0, 0.1) is 0 Å². The number of methoxy groups -OCH3 is 2. The molecule has 0 radical (unpaired) electrons. The zero-order chi connectivity index (χ0) is 13.0. The van der Waals surface area contributed by atoms with Crippen molar-refractivity contribution in [2.45, 2.75) is 31.7 Å². The molecule has 0 heterocycles. The highest BCUT2D eigenvalue weighted by molar-refractivity contribution is 5.81. The van der Waals surface area contributed by atoms with Crippen LogP contribution in [0.4, 0.5) is 13.2 Å². The predicted octanol–water partition coefficient (Wildman–Crippen LogP) is 1.10. The SMILES string of the molecule is COC(=O)C(C)(NCC(F)(F)F)C(C)OC. The number of alkyl halides is 3. The topological polar surface area (TPSA) is 47.6 Å². The lowest BCUT2D eigenvalue weighted by atomic mass is 9.95. The Hall–Kier alpha value is -0.820. The summed E-state index contributed by atoms with van der Waals surface area (Å²) in [7, 11) is 2.42. The van der Waals surface area contributed by atoms with Gasteiger partial charge in [0.15, 0.2) is 0 Å². The molecule has 1 N–H and O–H groups in total. The van der Waals surface area contributed by atoms with Crippen molar-refractivity contribution in [3.8, 4) is 0 Å². The number of carbonyl (C=O) groups excluding carboxylic acids is 1. The van der Waals surface area contributed by atoms with Crippen LogP contribution in [0.1, 0.15) is 13.8 Å². The highest BCUT2D eigenvalue weighted by Crippen LogP contribution is 2.19. The molecule has 0 aliphatic heterocycles. The predicted molar refractivity (Wildman–Crippen MR) is 50.9 cm³/mol. The van der Waals surface area contributed by atoms with E-state index in [0.717, 1.165) is 7.11 Å². The standard InChI is InChI=1S/C9H16F3NO3/c1-6(15-3)8(2,7(14)16-4)13-5-9(10,11)12/h6,13H,5H2,1-4H3. The van der Waals surface area contributed by atoms with Crippen molar-refractivity contribution in [1.82, 2.24) is 5.32 Å². The molecule has 4 nitrogen and oxygen atoms in total. The summed E-state index contributed by atoms with van der Waals surface area (Å²) >= 11 is 0. The van der Waals surface area contributed by atoms with Crippen LogP contribution in [0.5, 0.6) is 0 Å². The first-order chi connectivity index (χ1) is 7.17. The molecule has 2 atom stereocenters. The lowest BCUT2D eigenvalue weighted by Crippen LogP contribution is -2.60. The van der Waals surface area contributed by atoms with E-state index in [1.165, 1.54) is 21.0 Å². The van der Waals surface area contributed by atoms with Gasteiger partial charge in [-0.3, -0.25) is 5.32 Å². The van der Waals surface area contributed by atoms with Crippen LogP contribution in [0.25, 0.3) is 0 Å². The average Bonchev–Trinajstić information content (AvgIpc) is 2.22. The van der Waals surface area contributed by atoms with Crippen LogP contribution < -0.4 is 5.32 Å². The third kappa shape index (κ3) is 3.97. The van der Waals surface area contributed by atoms with Gasteiger partial charge in [-0.15, -0.1) is 0 Å². The van der Waals surface area contributed by atoms with E-state index < -0.39 is 30.3 Å². The number of hydrogen-bond donors (Lipinski definition) is 1. The molecule has 0 aliphatic rings. The zero-order valence-corrected chi connectivity index (χ0v) is 9.64. The summed E-state index contributed by atoms with van der Waals surface area (Å²) in [5.41, 5.74) is -1.53. The summed E-state index contributed by atoms with van der Waals surface area (Å²) in [6.45, 7) is 1.51. The molecular weight excluding hydrogens is 227 g/mol. The molecule has 0 saturated carbocycles. The van der Waals surface area contributed by atoms with Crippen molar-refractivity contribution in [2.75, 3.05) is 20.8 Å². The minimum absolute atomic E-state index is 0.748. The number of carbonyl (C=O) groups is 1. The van der Waals surface area contributed by atoms with Gasteiger partial charge in [0.2, 0.25) is 0 Å². The normalized spacial score (nSPS) is 17.7. The maximum absolute atomic E-state index is 12.1. The van der Waals surface area contributed by atoms with Gasteiger partial charge in [0, 0.05) is 7.11 Å². The quantitative estimate of drug-likeness (QED) is 0.735. The third-order valence-electron chi connectivity index (χ3n) is 2.43. The number of rotatable bonds is 5. The fraction of sp³-hybridized carbons (Fsp3) is 0.889. The summed E-state index contributed by atoms with van der Waals surface area (Å²) in [6, 6.07) is 0. The molecule has 2 unspecified atom stereocenters. The van der Waals surface area contributed by atoms with Crippen molar-refractivity contribution in [2.24, 2.45) is 0 Å². The van der Waals surface area contributed by atoms with Crippen LogP contribution in [0.3, 0.4) is 0 Å². The second kappa shape index (κ2) is 5.49. The second-order valence-corrected chi connectivity index (χ2v) is 3.54. The monoisotopic (exact) mass is 243 g/mol. The second-order valence-electron chi connectivity index (χ2n) is 3.54. The van der Waals surface area contributed by atoms with Crippen molar-refractivity contribution < 1.29 is 27.4 Å². The van der Waals surface area contributed by atoms with Crippen LogP contribution >= 0.6 is 0 Å². The summed E-state index contributed by atoms with van der Waals surface area (Å²) < 4.78 is 45.5. The molecule has 16 heavy (non-hydrogen) atoms. The Bertz CT molecular complexity index is 245. The average molecular weight is 243 g/mol. The Kier molecular flexibility index (Phi) is 5.21. The van der Waals surface area contributed by atoms with E-state index in [0.29, 0.717) is 0 Å². The molecule has 0 amide bonds. The molecule has 0 aromatic heterocycles. The fourth-order valence-corrected chi connectivity index (χ4v) is 1.11. The van der Waals surface area contributed by atoms with Gasteiger partial charge in [-0.05, 0) is 13.8 Å². The van der Waals surface area contributed by atoms with Crippen molar-refractivity contribution >= 4 is 5.97 Å². The van der Waals surface area contributed by atoms with Gasteiger partial charge >= 0.3 is 12.1 Å². The maximum atomic E-state index is 12.1. The molecule has 0 fully saturated rings. The van der Waals surface area contributed by atoms with E-state index in [1.807, 2.05) is 0 Å². The Morgan fingerprint density at radius 2 is 1.88 bits per heavy atom. The van der Waals surface area contributed by atoms with Crippen molar-refractivity contribution in [1.29, 1.82) is 0 Å². The van der Waals surface area contributed by atoms with Gasteiger partial charge in [0.1, 0.15) is 5.54 Å². The lowest BCUT2D eigenvalue weighted by Gasteiger charge is -2.33. The van der Waals surface area contributed by atoms with Crippen LogP contribution in [0.15, 0.2) is 0 Å². The first kappa shape index (κ1) is 15.2. The molecule has 96 valence electrons. The smallest absolute Gasteiger partial charge is 0.401 e. The van der Waals surface area contributed by atoms with E-state index in [-0.39, 0.29) is 0 Å². The van der Waals surface area contributed by atoms with E-state index in [2.05, 4.69) is 10.1 Å². The van der Waals surface area contributed by atoms with Crippen molar-refractivity contribution in [3.05, 3.63) is 0 Å². The van der Waals surface area contributed by atoms with Gasteiger partial charge in [0.25, 0.3) is 0 Å². The van der Waals surface area contributed by atoms with E-state index in [4.69, 9.17) is 4.74 Å². The van der Waals surface area contributed by atoms with Gasteiger partial charge in [-0.1, -0.05) is 0 Å². The summed E-state index contributed by atoms with van der Waals surface area (Å²) in [6.07, 6.45) is -5.15. The van der Waals surface area contributed by atoms with E-state index in [1.54, 1.807) is 0 Å². The minimum Gasteiger partial charge on any atom is -0.468 e. The minimum atomic E-state index is -4.40. The Labute approximate surface area is 92.1 Å². The van der Waals surface area contributed by atoms with Crippen LogP contribution in [-0.2, 0) is 14.3 Å². The highest BCUT2D eigenvalue weighted by Gasteiger charge is 2.43. The maximum Gasteiger partial charge on any atom is 0.401 e. The molecule has 0 bridgehead atoms. The number of nitrogens with one attached hydrogen (secondary N) is 1. The summed E-state index contributed by atoms with van der Waals surface area (Å²) in [5, 5.41) is 2.11. The molecule has 0 saturated heterocycles. The number of hydrogen-bond acceptors (Lipinski definition) is 4. The number of esters is 1. The first-order valence-corrected chi connectivity index (χ1v) is 4.60. The number of ether oxygens (including phenoxy) is 2. The van der Waals surface area contributed by atoms with Gasteiger partial charge < -0.3 is 9.47 Å². The van der Waals surface area contributed by atoms with Gasteiger partial charge in [-0.2, -0.15) is 13.2 Å². The highest BCUT2D eigenvalue weighted by atomic mass is 19.4. The van der Waals surface area contributed by atoms with Crippen LogP contribution in [-0.4, -0.2) is 44.6 Å². The largest absolute Gasteiger partial charge is 0.468 e. The molecule has 7 heteroatoms. The lowest BCUT2D eigenvalue weighted by molar-refractivity contribution is -0.159. The summed E-state index contributed by atoms with van der Waals surface area (Å²) in [5.74, 6) is -0.800. The summed E-state index contributed by atoms with van der Waals surface area (Å²) in [4.78, 5) is 11.4. The van der Waals surface area contributed by atoms with Gasteiger partial charge in [-0.25, -0.2) is 4.79 Å². The van der Waals surface area contributed by atoms with Crippen LogP contribution in [0.2, 0.25) is 0 Å². The molecule has 0 aromatic carbocycles. The fourth-order valence-electron chi connectivity index (χ4n) is 1.11. The Morgan fingerprint density at radius 3 is 2.19 bits per heavy atom. The zero-order valence-electron chi connectivity index (χ0n) is 9.64.